The van der Waals surface area contributed by atoms with Crippen LogP contribution in [0.15, 0.2) is 60.7 Å². The van der Waals surface area contributed by atoms with E-state index >= 15 is 0 Å². The maximum Gasteiger partial charge on any atom is 0.306 e. The Morgan fingerprint density at radius 2 is 1.80 bits per heavy atom. The number of esters is 1. The van der Waals surface area contributed by atoms with Gasteiger partial charge in [0.05, 0.1) is 13.2 Å². The second-order valence-corrected chi connectivity index (χ2v) is 5.75. The standard InChI is InChI=1S/C22H26O3/c1-2-24-22(23)17-16-20-14-12-19(13-15-20)9-5-4-8-18-25-21-10-6-3-7-11-21/h3,5-7,9-15H,2,4,8,16-18H2,1H3. The van der Waals surface area contributed by atoms with Crippen LogP contribution in [0.5, 0.6) is 5.75 Å². The van der Waals surface area contributed by atoms with E-state index in [1.54, 1.807) is 0 Å². The lowest BCUT2D eigenvalue weighted by atomic mass is 10.1. The van der Waals surface area contributed by atoms with Crippen molar-refractivity contribution in [3.8, 4) is 5.75 Å². The number of ether oxygens (including phenoxy) is 2. The first-order valence-corrected chi connectivity index (χ1v) is 8.87. The molecule has 0 amide bonds. The van der Waals surface area contributed by atoms with Crippen LogP contribution in [0, 0.1) is 0 Å². The molecule has 25 heavy (non-hydrogen) atoms. The molecule has 0 aliphatic heterocycles. The Morgan fingerprint density at radius 1 is 1.04 bits per heavy atom. The molecule has 0 radical (unpaired) electrons. The molecule has 2 aromatic carbocycles. The fraction of sp³-hybridized carbons (Fsp3) is 0.318. The van der Waals surface area contributed by atoms with Gasteiger partial charge in [0.2, 0.25) is 0 Å². The van der Waals surface area contributed by atoms with Gasteiger partial charge in [0, 0.05) is 6.42 Å². The Hall–Kier alpha value is -2.55. The quantitative estimate of drug-likeness (QED) is 0.449. The zero-order valence-corrected chi connectivity index (χ0v) is 14.8. The molecule has 2 aromatic rings. The summed E-state index contributed by atoms with van der Waals surface area (Å²) in [6, 6.07) is 18.2. The van der Waals surface area contributed by atoms with Crippen LogP contribution in [-0.2, 0) is 16.0 Å². The summed E-state index contributed by atoms with van der Waals surface area (Å²) in [4.78, 5) is 11.4. The SMILES string of the molecule is CCOC(=O)CCc1ccc(C=CCCCOc2ccccc2)cc1. The van der Waals surface area contributed by atoms with E-state index in [0.717, 1.165) is 37.2 Å². The van der Waals surface area contributed by atoms with Crippen LogP contribution in [0.25, 0.3) is 6.08 Å². The van der Waals surface area contributed by atoms with Crippen LogP contribution >= 0.6 is 0 Å². The maximum absolute atomic E-state index is 11.4. The molecule has 0 atom stereocenters. The third kappa shape index (κ3) is 7.71. The van der Waals surface area contributed by atoms with Crippen LogP contribution in [-0.4, -0.2) is 19.2 Å². The third-order valence-electron chi connectivity index (χ3n) is 3.74. The summed E-state index contributed by atoms with van der Waals surface area (Å²) in [5.41, 5.74) is 2.32. The maximum atomic E-state index is 11.4. The van der Waals surface area contributed by atoms with Crippen molar-refractivity contribution in [2.24, 2.45) is 0 Å². The number of hydrogen-bond donors (Lipinski definition) is 0. The topological polar surface area (TPSA) is 35.5 Å². The molecular formula is C22H26O3. The van der Waals surface area contributed by atoms with Crippen molar-refractivity contribution >= 4 is 12.0 Å². The van der Waals surface area contributed by atoms with E-state index in [-0.39, 0.29) is 5.97 Å². The van der Waals surface area contributed by atoms with Crippen LogP contribution in [0.2, 0.25) is 0 Å². The molecule has 3 heteroatoms. The van der Waals surface area contributed by atoms with Gasteiger partial charge in [-0.2, -0.15) is 0 Å². The van der Waals surface area contributed by atoms with Crippen molar-refractivity contribution in [3.05, 3.63) is 71.8 Å². The van der Waals surface area contributed by atoms with Gasteiger partial charge in [0.15, 0.2) is 0 Å². The molecule has 0 bridgehead atoms. The van der Waals surface area contributed by atoms with E-state index in [9.17, 15) is 4.79 Å². The van der Waals surface area contributed by atoms with Crippen LogP contribution in [0.1, 0.15) is 37.3 Å². The Kier molecular flexibility index (Phi) is 8.33. The number of benzene rings is 2. The van der Waals surface area contributed by atoms with Crippen molar-refractivity contribution in [2.45, 2.75) is 32.6 Å². The summed E-state index contributed by atoms with van der Waals surface area (Å²) >= 11 is 0. The van der Waals surface area contributed by atoms with Gasteiger partial charge in [-0.25, -0.2) is 0 Å². The Labute approximate surface area is 150 Å². The summed E-state index contributed by atoms with van der Waals surface area (Å²) in [7, 11) is 0. The van der Waals surface area contributed by atoms with Crippen molar-refractivity contribution < 1.29 is 14.3 Å². The highest BCUT2D eigenvalue weighted by molar-refractivity contribution is 5.69. The predicted molar refractivity (Wildman–Crippen MR) is 102 cm³/mol. The summed E-state index contributed by atoms with van der Waals surface area (Å²) in [5, 5.41) is 0. The molecule has 132 valence electrons. The first-order chi connectivity index (χ1) is 12.3. The molecule has 2 rings (SSSR count). The van der Waals surface area contributed by atoms with E-state index < -0.39 is 0 Å². The molecule has 0 aliphatic carbocycles. The molecule has 0 aromatic heterocycles. The van der Waals surface area contributed by atoms with Crippen molar-refractivity contribution in [2.75, 3.05) is 13.2 Å². The van der Waals surface area contributed by atoms with E-state index in [1.807, 2.05) is 37.3 Å². The van der Waals surface area contributed by atoms with Gasteiger partial charge in [-0.1, -0.05) is 54.6 Å². The summed E-state index contributed by atoms with van der Waals surface area (Å²) in [6.45, 7) is 2.99. The monoisotopic (exact) mass is 338 g/mol. The number of unbranched alkanes of at least 4 members (excludes halogenated alkanes) is 1. The first-order valence-electron chi connectivity index (χ1n) is 8.87. The van der Waals surface area contributed by atoms with E-state index in [1.165, 1.54) is 5.56 Å². The van der Waals surface area contributed by atoms with Crippen molar-refractivity contribution in [3.63, 3.8) is 0 Å². The summed E-state index contributed by atoms with van der Waals surface area (Å²) in [6.07, 6.45) is 7.42. The molecule has 0 aliphatic rings. The highest BCUT2D eigenvalue weighted by Gasteiger charge is 2.02. The average Bonchev–Trinajstić information content (AvgIpc) is 2.65. The number of para-hydroxylation sites is 1. The van der Waals surface area contributed by atoms with Crippen molar-refractivity contribution in [1.82, 2.24) is 0 Å². The molecule has 3 nitrogen and oxygen atoms in total. The first kappa shape index (κ1) is 18.8. The second-order valence-electron chi connectivity index (χ2n) is 5.75. The number of carbonyl (C=O) groups is 1. The van der Waals surface area contributed by atoms with Crippen LogP contribution in [0.3, 0.4) is 0 Å². The smallest absolute Gasteiger partial charge is 0.306 e. The summed E-state index contributed by atoms with van der Waals surface area (Å²) < 4.78 is 10.6. The second kappa shape index (κ2) is 11.1. The Bertz CT molecular complexity index is 645. The minimum absolute atomic E-state index is 0.135. The average molecular weight is 338 g/mol. The number of carbonyl (C=O) groups excluding carboxylic acids is 1. The van der Waals surface area contributed by atoms with Crippen LogP contribution < -0.4 is 4.74 Å². The largest absolute Gasteiger partial charge is 0.494 e. The van der Waals surface area contributed by atoms with Gasteiger partial charge >= 0.3 is 5.97 Å². The van der Waals surface area contributed by atoms with Gasteiger partial charge in [-0.3, -0.25) is 4.79 Å². The number of aryl methyl sites for hydroxylation is 1. The molecule has 0 saturated carbocycles. The van der Waals surface area contributed by atoms with Crippen molar-refractivity contribution in [1.29, 1.82) is 0 Å². The van der Waals surface area contributed by atoms with E-state index in [4.69, 9.17) is 9.47 Å². The fourth-order valence-corrected chi connectivity index (χ4v) is 2.40. The number of allylic oxidation sites excluding steroid dienone is 1. The van der Waals surface area contributed by atoms with Gasteiger partial charge in [-0.15, -0.1) is 0 Å². The fourth-order valence-electron chi connectivity index (χ4n) is 2.40. The van der Waals surface area contributed by atoms with Gasteiger partial charge in [0.25, 0.3) is 0 Å². The number of rotatable bonds is 10. The highest BCUT2D eigenvalue weighted by atomic mass is 16.5. The molecule has 0 N–H and O–H groups in total. The molecule has 0 unspecified atom stereocenters. The normalized spacial score (nSPS) is 10.8. The molecule has 0 fully saturated rings. The van der Waals surface area contributed by atoms with Gasteiger partial charge in [0.1, 0.15) is 5.75 Å². The molecule has 0 spiro atoms. The lowest BCUT2D eigenvalue weighted by Crippen LogP contribution is -2.05. The zero-order valence-electron chi connectivity index (χ0n) is 14.8. The minimum Gasteiger partial charge on any atom is -0.494 e. The van der Waals surface area contributed by atoms with E-state index in [0.29, 0.717) is 13.0 Å². The predicted octanol–water partition coefficient (Wildman–Crippen LogP) is 5.05. The lowest BCUT2D eigenvalue weighted by molar-refractivity contribution is -0.143. The van der Waals surface area contributed by atoms with Gasteiger partial charge < -0.3 is 9.47 Å². The molecule has 0 heterocycles. The summed E-state index contributed by atoms with van der Waals surface area (Å²) in [5.74, 6) is 0.786. The lowest BCUT2D eigenvalue weighted by Gasteiger charge is -2.04. The minimum atomic E-state index is -0.135. The molecular weight excluding hydrogens is 312 g/mol. The Balaban J connectivity index is 1.64. The number of hydrogen-bond acceptors (Lipinski definition) is 3. The highest BCUT2D eigenvalue weighted by Crippen LogP contribution is 2.11. The van der Waals surface area contributed by atoms with Gasteiger partial charge in [-0.05, 0) is 49.4 Å². The van der Waals surface area contributed by atoms with Crippen LogP contribution in [0.4, 0.5) is 0 Å². The Morgan fingerprint density at radius 3 is 2.52 bits per heavy atom. The molecule has 0 saturated heterocycles. The van der Waals surface area contributed by atoms with E-state index in [2.05, 4.69) is 36.4 Å². The third-order valence-corrected chi connectivity index (χ3v) is 3.74. The zero-order chi connectivity index (χ0) is 17.7.